The predicted octanol–water partition coefficient (Wildman–Crippen LogP) is 4.45. The van der Waals surface area contributed by atoms with E-state index in [2.05, 4.69) is 80.9 Å². The summed E-state index contributed by atoms with van der Waals surface area (Å²) in [6, 6.07) is 15.5. The fourth-order valence-electron chi connectivity index (χ4n) is 3.97. The number of hydrogen-bond acceptors (Lipinski definition) is 0. The Morgan fingerprint density at radius 3 is 2.30 bits per heavy atom. The first kappa shape index (κ1) is 13.4. The first-order chi connectivity index (χ1) is 9.58. The van der Waals surface area contributed by atoms with Crippen molar-refractivity contribution in [2.75, 3.05) is 0 Å². The lowest BCUT2D eigenvalue weighted by atomic mass is 9.61. The summed E-state index contributed by atoms with van der Waals surface area (Å²) >= 11 is 0. The maximum Gasteiger partial charge on any atom is 0.213 e. The fraction of sp³-hybridized carbons (Fsp3) is 0.421. The highest BCUT2D eigenvalue weighted by Crippen LogP contribution is 2.48. The Morgan fingerprint density at radius 1 is 0.900 bits per heavy atom. The number of fused-ring (bicyclic) bond motifs is 3. The zero-order chi connectivity index (χ0) is 14.4. The quantitative estimate of drug-likeness (QED) is 0.707. The Hall–Kier alpha value is -1.63. The molecule has 0 aliphatic carbocycles. The standard InChI is InChI=1S/C19H24N/c1-5-18(3)16-12-8-7-11-15(16)17-13-9-10-14-20(17)19(18,4)6-2/h7-14H,5-6H2,1-4H3/q+1/t18?,19-/m1/s1. The van der Waals surface area contributed by atoms with E-state index in [0.29, 0.717) is 0 Å². The van der Waals surface area contributed by atoms with Crippen LogP contribution in [0.15, 0.2) is 48.7 Å². The second-order valence-corrected chi connectivity index (χ2v) is 6.31. The molecule has 0 spiro atoms. The second-order valence-electron chi connectivity index (χ2n) is 6.31. The van der Waals surface area contributed by atoms with Crippen LogP contribution in [0.3, 0.4) is 0 Å². The second kappa shape index (κ2) is 4.44. The van der Waals surface area contributed by atoms with Crippen molar-refractivity contribution >= 4 is 0 Å². The van der Waals surface area contributed by atoms with Gasteiger partial charge in [-0.05, 0) is 31.0 Å². The molecule has 1 aliphatic heterocycles. The fourth-order valence-corrected chi connectivity index (χ4v) is 3.97. The van der Waals surface area contributed by atoms with Crippen LogP contribution in [-0.2, 0) is 11.0 Å². The van der Waals surface area contributed by atoms with Crippen LogP contribution in [0.2, 0.25) is 0 Å². The molecule has 1 aliphatic rings. The summed E-state index contributed by atoms with van der Waals surface area (Å²) < 4.78 is 2.50. The van der Waals surface area contributed by atoms with Gasteiger partial charge in [-0.1, -0.05) is 32.0 Å². The molecule has 1 aromatic heterocycles. The first-order valence-electron chi connectivity index (χ1n) is 7.69. The summed E-state index contributed by atoms with van der Waals surface area (Å²) in [5.41, 5.74) is 4.52. The van der Waals surface area contributed by atoms with Crippen LogP contribution in [0, 0.1) is 0 Å². The molecule has 20 heavy (non-hydrogen) atoms. The van der Waals surface area contributed by atoms with Gasteiger partial charge in [-0.15, -0.1) is 0 Å². The topological polar surface area (TPSA) is 3.88 Å². The van der Waals surface area contributed by atoms with Crippen molar-refractivity contribution in [3.8, 4) is 11.3 Å². The van der Waals surface area contributed by atoms with E-state index in [9.17, 15) is 0 Å². The van der Waals surface area contributed by atoms with Gasteiger partial charge in [0, 0.05) is 25.5 Å². The summed E-state index contributed by atoms with van der Waals surface area (Å²) in [7, 11) is 0. The van der Waals surface area contributed by atoms with E-state index < -0.39 is 0 Å². The minimum Gasteiger partial charge on any atom is -0.192 e. The van der Waals surface area contributed by atoms with E-state index in [-0.39, 0.29) is 11.0 Å². The third kappa shape index (κ3) is 1.47. The van der Waals surface area contributed by atoms with E-state index in [1.165, 1.54) is 16.8 Å². The van der Waals surface area contributed by atoms with Gasteiger partial charge in [0.1, 0.15) is 0 Å². The van der Waals surface area contributed by atoms with Crippen molar-refractivity contribution in [3.63, 3.8) is 0 Å². The van der Waals surface area contributed by atoms with E-state index in [0.717, 1.165) is 12.8 Å². The van der Waals surface area contributed by atoms with Crippen LogP contribution < -0.4 is 4.57 Å². The number of nitrogens with zero attached hydrogens (tertiary/aromatic N) is 1. The maximum atomic E-state index is 2.50. The van der Waals surface area contributed by atoms with E-state index in [1.54, 1.807) is 0 Å². The molecule has 3 rings (SSSR count). The monoisotopic (exact) mass is 266 g/mol. The Balaban J connectivity index is 2.42. The van der Waals surface area contributed by atoms with Crippen molar-refractivity contribution in [2.45, 2.75) is 51.5 Å². The molecule has 0 saturated carbocycles. The molecule has 1 unspecified atom stereocenters. The van der Waals surface area contributed by atoms with Crippen LogP contribution >= 0.6 is 0 Å². The molecule has 0 bridgehead atoms. The van der Waals surface area contributed by atoms with Gasteiger partial charge in [0.2, 0.25) is 5.69 Å². The Kier molecular flexibility index (Phi) is 2.97. The molecule has 0 fully saturated rings. The van der Waals surface area contributed by atoms with E-state index >= 15 is 0 Å². The lowest BCUT2D eigenvalue weighted by Crippen LogP contribution is -2.67. The average Bonchev–Trinajstić information content (AvgIpc) is 2.52. The third-order valence-electron chi connectivity index (χ3n) is 5.77. The summed E-state index contributed by atoms with van der Waals surface area (Å²) in [5.74, 6) is 0. The predicted molar refractivity (Wildman–Crippen MR) is 83.7 cm³/mol. The van der Waals surface area contributed by atoms with Crippen molar-refractivity contribution < 1.29 is 4.57 Å². The SMILES string of the molecule is CCC1(C)c2ccccc2-c2cccc[n+]2[C@]1(C)CC. The Bertz CT molecular complexity index is 588. The van der Waals surface area contributed by atoms with Gasteiger partial charge in [-0.3, -0.25) is 0 Å². The Morgan fingerprint density at radius 2 is 1.60 bits per heavy atom. The van der Waals surface area contributed by atoms with Crippen LogP contribution in [0.1, 0.15) is 46.1 Å². The molecule has 0 radical (unpaired) electrons. The number of hydrogen-bond donors (Lipinski definition) is 0. The maximum absolute atomic E-state index is 2.50. The number of benzene rings is 1. The smallest absolute Gasteiger partial charge is 0.192 e. The summed E-state index contributed by atoms with van der Waals surface area (Å²) in [5, 5.41) is 0. The molecule has 0 N–H and O–H groups in total. The van der Waals surface area contributed by atoms with Crippen molar-refractivity contribution in [2.24, 2.45) is 0 Å². The Labute approximate surface area is 122 Å². The molecule has 0 amide bonds. The molecule has 1 aromatic carbocycles. The lowest BCUT2D eigenvalue weighted by Gasteiger charge is -2.46. The molecular weight excluding hydrogens is 242 g/mol. The highest BCUT2D eigenvalue weighted by Gasteiger charge is 2.55. The molecule has 2 heterocycles. The normalized spacial score (nSPS) is 27.8. The van der Waals surface area contributed by atoms with E-state index in [1.807, 2.05) is 0 Å². The number of aromatic nitrogens is 1. The van der Waals surface area contributed by atoms with Crippen molar-refractivity contribution in [1.82, 2.24) is 0 Å². The summed E-state index contributed by atoms with van der Waals surface area (Å²) in [6.45, 7) is 9.47. The van der Waals surface area contributed by atoms with E-state index in [4.69, 9.17) is 0 Å². The molecule has 0 saturated heterocycles. The minimum atomic E-state index is 0.118. The summed E-state index contributed by atoms with van der Waals surface area (Å²) in [6.07, 6.45) is 4.53. The molecule has 2 aromatic rings. The lowest BCUT2D eigenvalue weighted by molar-refractivity contribution is -0.765. The van der Waals surface area contributed by atoms with Gasteiger partial charge in [0.25, 0.3) is 0 Å². The summed E-state index contributed by atoms with van der Waals surface area (Å²) in [4.78, 5) is 0. The molecule has 1 nitrogen and oxygen atoms in total. The molecule has 2 atom stereocenters. The highest BCUT2D eigenvalue weighted by molar-refractivity contribution is 5.65. The van der Waals surface area contributed by atoms with Crippen LogP contribution in [0.25, 0.3) is 11.3 Å². The van der Waals surface area contributed by atoms with Gasteiger partial charge in [0.15, 0.2) is 11.7 Å². The van der Waals surface area contributed by atoms with Gasteiger partial charge >= 0.3 is 0 Å². The first-order valence-corrected chi connectivity index (χ1v) is 7.69. The van der Waals surface area contributed by atoms with Gasteiger partial charge in [-0.2, -0.15) is 4.57 Å². The molecule has 1 heteroatoms. The molecule has 104 valence electrons. The number of pyridine rings is 1. The zero-order valence-electron chi connectivity index (χ0n) is 13.0. The number of rotatable bonds is 2. The van der Waals surface area contributed by atoms with Gasteiger partial charge in [-0.25, -0.2) is 0 Å². The minimum absolute atomic E-state index is 0.118. The molecular formula is C19H24N+. The van der Waals surface area contributed by atoms with Crippen LogP contribution in [-0.4, -0.2) is 0 Å². The van der Waals surface area contributed by atoms with Crippen LogP contribution in [0.5, 0.6) is 0 Å². The van der Waals surface area contributed by atoms with Crippen molar-refractivity contribution in [1.29, 1.82) is 0 Å². The highest BCUT2D eigenvalue weighted by atomic mass is 15.1. The van der Waals surface area contributed by atoms with Crippen LogP contribution in [0.4, 0.5) is 0 Å². The average molecular weight is 266 g/mol. The van der Waals surface area contributed by atoms with Gasteiger partial charge < -0.3 is 0 Å². The zero-order valence-corrected chi connectivity index (χ0v) is 13.0. The third-order valence-corrected chi connectivity index (χ3v) is 5.77. The van der Waals surface area contributed by atoms with Crippen molar-refractivity contribution in [3.05, 3.63) is 54.2 Å². The largest absolute Gasteiger partial charge is 0.213 e. The van der Waals surface area contributed by atoms with Gasteiger partial charge in [0.05, 0.1) is 11.0 Å².